The van der Waals surface area contributed by atoms with E-state index in [1.807, 2.05) is 12.3 Å². The van der Waals surface area contributed by atoms with Crippen molar-refractivity contribution in [2.75, 3.05) is 11.9 Å². The van der Waals surface area contributed by atoms with Crippen molar-refractivity contribution in [2.45, 2.75) is 45.9 Å². The first-order valence-corrected chi connectivity index (χ1v) is 8.73. The van der Waals surface area contributed by atoms with E-state index in [1.165, 1.54) is 0 Å². The van der Waals surface area contributed by atoms with Gasteiger partial charge in [-0.3, -0.25) is 9.48 Å². The van der Waals surface area contributed by atoms with Crippen molar-refractivity contribution in [3.05, 3.63) is 42.7 Å². The van der Waals surface area contributed by atoms with Gasteiger partial charge in [0.1, 0.15) is 24.0 Å². The molecule has 0 unspecified atom stereocenters. The molecular weight excluding hydrogens is 348 g/mol. The summed E-state index contributed by atoms with van der Waals surface area (Å²) in [6.07, 6.45) is 2.93. The molecule has 2 amide bonds. The van der Waals surface area contributed by atoms with Crippen molar-refractivity contribution in [2.24, 2.45) is 0 Å². The predicted octanol–water partition coefficient (Wildman–Crippen LogP) is 2.81. The number of alkyl carbamates (subject to hydrolysis) is 1. The van der Waals surface area contributed by atoms with Gasteiger partial charge in [0.2, 0.25) is 5.91 Å². The summed E-state index contributed by atoms with van der Waals surface area (Å²) in [4.78, 5) is 24.0. The Morgan fingerprint density at radius 2 is 2.04 bits per heavy atom. The van der Waals surface area contributed by atoms with E-state index >= 15 is 0 Å². The van der Waals surface area contributed by atoms with Gasteiger partial charge in [0, 0.05) is 24.1 Å². The summed E-state index contributed by atoms with van der Waals surface area (Å²) in [6, 6.07) is 8.16. The van der Waals surface area contributed by atoms with E-state index in [-0.39, 0.29) is 5.91 Å². The van der Waals surface area contributed by atoms with Crippen LogP contribution in [0.1, 0.15) is 27.7 Å². The lowest BCUT2D eigenvalue weighted by Crippen LogP contribution is -2.43. The fraction of sp³-hybridized carbons (Fsp3) is 0.421. The van der Waals surface area contributed by atoms with Crippen LogP contribution in [0.5, 0.6) is 5.75 Å². The molecule has 0 aliphatic rings. The number of carbonyl (C=O) groups is 2. The molecule has 0 spiro atoms. The zero-order valence-electron chi connectivity index (χ0n) is 16.1. The van der Waals surface area contributed by atoms with Crippen molar-refractivity contribution in [1.82, 2.24) is 15.1 Å². The maximum absolute atomic E-state index is 12.3. The van der Waals surface area contributed by atoms with Gasteiger partial charge in [0.25, 0.3) is 0 Å². The number of ether oxygens (including phenoxy) is 2. The second kappa shape index (κ2) is 9.07. The van der Waals surface area contributed by atoms with Gasteiger partial charge in [-0.2, -0.15) is 5.10 Å². The molecule has 8 nitrogen and oxygen atoms in total. The molecular formula is C19H26N4O4. The summed E-state index contributed by atoms with van der Waals surface area (Å²) >= 11 is 0. The minimum atomic E-state index is -0.746. The first-order valence-electron chi connectivity index (χ1n) is 8.73. The van der Waals surface area contributed by atoms with Gasteiger partial charge in [-0.25, -0.2) is 4.79 Å². The van der Waals surface area contributed by atoms with Crippen LogP contribution in [0.3, 0.4) is 0 Å². The number of amides is 2. The van der Waals surface area contributed by atoms with E-state index in [0.29, 0.717) is 24.6 Å². The SMILES string of the molecule is C[C@@H](NC(=O)OC(C)(C)C)C(=O)Nc1cccc(OCCn2cccn2)c1. The molecule has 1 aromatic carbocycles. The summed E-state index contributed by atoms with van der Waals surface area (Å²) in [6.45, 7) is 7.94. The Labute approximate surface area is 158 Å². The number of rotatable bonds is 7. The second-order valence-corrected chi connectivity index (χ2v) is 7.00. The molecule has 1 atom stereocenters. The summed E-state index contributed by atoms with van der Waals surface area (Å²) in [5.74, 6) is 0.280. The average Bonchev–Trinajstić information content (AvgIpc) is 3.06. The van der Waals surface area contributed by atoms with Crippen LogP contribution < -0.4 is 15.4 Å². The number of anilines is 1. The van der Waals surface area contributed by atoms with Gasteiger partial charge >= 0.3 is 6.09 Å². The van der Waals surface area contributed by atoms with E-state index in [4.69, 9.17) is 9.47 Å². The van der Waals surface area contributed by atoms with E-state index in [0.717, 1.165) is 0 Å². The molecule has 0 radical (unpaired) electrons. The lowest BCUT2D eigenvalue weighted by Gasteiger charge is -2.21. The molecule has 1 heterocycles. The fourth-order valence-electron chi connectivity index (χ4n) is 2.15. The predicted molar refractivity (Wildman–Crippen MR) is 102 cm³/mol. The number of hydrogen-bond acceptors (Lipinski definition) is 5. The topological polar surface area (TPSA) is 94.5 Å². The third kappa shape index (κ3) is 7.39. The highest BCUT2D eigenvalue weighted by atomic mass is 16.6. The van der Waals surface area contributed by atoms with Crippen LogP contribution in [0.4, 0.5) is 10.5 Å². The molecule has 2 aromatic rings. The zero-order chi connectivity index (χ0) is 19.9. The summed E-state index contributed by atoms with van der Waals surface area (Å²) in [5.41, 5.74) is -0.0447. The molecule has 0 saturated carbocycles. The first-order chi connectivity index (χ1) is 12.7. The molecule has 0 fully saturated rings. The number of aromatic nitrogens is 2. The molecule has 2 N–H and O–H groups in total. The van der Waals surface area contributed by atoms with Crippen LogP contribution >= 0.6 is 0 Å². The van der Waals surface area contributed by atoms with Gasteiger partial charge in [0.15, 0.2) is 0 Å². The molecule has 0 bridgehead atoms. The highest BCUT2D eigenvalue weighted by Crippen LogP contribution is 2.17. The first kappa shape index (κ1) is 20.3. The Bertz CT molecular complexity index is 753. The van der Waals surface area contributed by atoms with E-state index in [9.17, 15) is 9.59 Å². The Kier molecular flexibility index (Phi) is 6.81. The van der Waals surface area contributed by atoms with Crippen LogP contribution in [0.2, 0.25) is 0 Å². The number of nitrogens with one attached hydrogen (secondary N) is 2. The van der Waals surface area contributed by atoms with Crippen LogP contribution in [-0.4, -0.2) is 40.0 Å². The molecule has 8 heteroatoms. The molecule has 0 saturated heterocycles. The number of carbonyl (C=O) groups excluding carboxylic acids is 2. The monoisotopic (exact) mass is 374 g/mol. The average molecular weight is 374 g/mol. The second-order valence-electron chi connectivity index (χ2n) is 7.00. The Morgan fingerprint density at radius 3 is 2.70 bits per heavy atom. The van der Waals surface area contributed by atoms with Gasteiger partial charge in [-0.1, -0.05) is 6.07 Å². The Hall–Kier alpha value is -3.03. The molecule has 27 heavy (non-hydrogen) atoms. The molecule has 1 aromatic heterocycles. The largest absolute Gasteiger partial charge is 0.492 e. The lowest BCUT2D eigenvalue weighted by molar-refractivity contribution is -0.117. The van der Waals surface area contributed by atoms with E-state index in [2.05, 4.69) is 15.7 Å². The maximum atomic E-state index is 12.3. The standard InChI is InChI=1S/C19H26N4O4/c1-14(21-18(25)27-19(2,3)4)17(24)22-15-7-5-8-16(13-15)26-12-11-23-10-6-9-20-23/h5-10,13-14H,11-12H2,1-4H3,(H,21,25)(H,22,24)/t14-/m1/s1. The third-order valence-electron chi connectivity index (χ3n) is 3.38. The number of benzene rings is 1. The highest BCUT2D eigenvalue weighted by molar-refractivity contribution is 5.96. The van der Waals surface area contributed by atoms with Gasteiger partial charge in [-0.15, -0.1) is 0 Å². The molecule has 146 valence electrons. The van der Waals surface area contributed by atoms with E-state index in [1.54, 1.807) is 62.8 Å². The summed E-state index contributed by atoms with van der Waals surface area (Å²) < 4.78 is 12.6. The van der Waals surface area contributed by atoms with Crippen LogP contribution in [0.15, 0.2) is 42.7 Å². The Balaban J connectivity index is 1.83. The fourth-order valence-corrected chi connectivity index (χ4v) is 2.15. The van der Waals surface area contributed by atoms with E-state index < -0.39 is 17.7 Å². The van der Waals surface area contributed by atoms with Gasteiger partial charge in [-0.05, 0) is 45.9 Å². The van der Waals surface area contributed by atoms with Crippen LogP contribution in [-0.2, 0) is 16.1 Å². The minimum absolute atomic E-state index is 0.352. The van der Waals surface area contributed by atoms with Gasteiger partial charge < -0.3 is 20.1 Å². The van der Waals surface area contributed by atoms with Crippen molar-refractivity contribution in [1.29, 1.82) is 0 Å². The maximum Gasteiger partial charge on any atom is 0.408 e. The van der Waals surface area contributed by atoms with Crippen molar-refractivity contribution >= 4 is 17.7 Å². The smallest absolute Gasteiger partial charge is 0.408 e. The quantitative estimate of drug-likeness (QED) is 0.777. The highest BCUT2D eigenvalue weighted by Gasteiger charge is 2.21. The van der Waals surface area contributed by atoms with Crippen molar-refractivity contribution in [3.8, 4) is 5.75 Å². The lowest BCUT2D eigenvalue weighted by atomic mass is 10.2. The molecule has 0 aliphatic heterocycles. The summed E-state index contributed by atoms with van der Waals surface area (Å²) in [7, 11) is 0. The number of nitrogens with zero attached hydrogens (tertiary/aromatic N) is 2. The van der Waals surface area contributed by atoms with Crippen molar-refractivity contribution in [3.63, 3.8) is 0 Å². The third-order valence-corrected chi connectivity index (χ3v) is 3.38. The molecule has 2 rings (SSSR count). The normalized spacial score (nSPS) is 12.1. The Morgan fingerprint density at radius 1 is 1.26 bits per heavy atom. The van der Waals surface area contributed by atoms with Crippen molar-refractivity contribution < 1.29 is 19.1 Å². The molecule has 0 aliphatic carbocycles. The van der Waals surface area contributed by atoms with Crippen LogP contribution in [0.25, 0.3) is 0 Å². The van der Waals surface area contributed by atoms with Gasteiger partial charge in [0.05, 0.1) is 6.54 Å². The number of hydrogen-bond donors (Lipinski definition) is 2. The summed E-state index contributed by atoms with van der Waals surface area (Å²) in [5, 5.41) is 9.36. The zero-order valence-corrected chi connectivity index (χ0v) is 16.1. The minimum Gasteiger partial charge on any atom is -0.492 e. The van der Waals surface area contributed by atoms with Crippen LogP contribution in [0, 0.1) is 0 Å².